The molecule has 1 aliphatic rings. The number of ether oxygens (including phenoxy) is 3. The topological polar surface area (TPSA) is 106 Å². The maximum atomic E-state index is 12.0. The fourth-order valence-corrected chi connectivity index (χ4v) is 3.96. The third-order valence-electron chi connectivity index (χ3n) is 6.06. The second-order valence-electron chi connectivity index (χ2n) is 8.89. The first-order chi connectivity index (χ1) is 15.3. The first-order valence-corrected chi connectivity index (χ1v) is 11.6. The minimum absolute atomic E-state index is 0.126. The van der Waals surface area contributed by atoms with Crippen LogP contribution in [0.4, 0.5) is 4.79 Å². The molecule has 0 spiro atoms. The van der Waals surface area contributed by atoms with Crippen LogP contribution in [0.1, 0.15) is 38.7 Å². The summed E-state index contributed by atoms with van der Waals surface area (Å²) in [4.78, 5) is 13.6. The number of nitrogens with two attached hydrogens (primary N) is 1. The van der Waals surface area contributed by atoms with Crippen molar-refractivity contribution in [2.24, 2.45) is 17.6 Å². The van der Waals surface area contributed by atoms with Gasteiger partial charge in [0.2, 0.25) is 0 Å². The Morgan fingerprint density at radius 3 is 2.66 bits per heavy atom. The van der Waals surface area contributed by atoms with Gasteiger partial charge < -0.3 is 35.3 Å². The Bertz CT molecular complexity index is 700. The highest BCUT2D eigenvalue weighted by Gasteiger charge is 2.27. The van der Waals surface area contributed by atoms with E-state index in [4.69, 9.17) is 19.9 Å². The molecule has 1 aromatic carbocycles. The van der Waals surface area contributed by atoms with Crippen molar-refractivity contribution in [3.8, 4) is 11.5 Å². The lowest BCUT2D eigenvalue weighted by Crippen LogP contribution is -2.52. The molecule has 1 heterocycles. The molecule has 8 nitrogen and oxygen atoms in total. The Morgan fingerprint density at radius 1 is 1.22 bits per heavy atom. The Balaban J connectivity index is 1.98. The minimum atomic E-state index is -0.754. The number of β-amino-alcohol motifs (C(OH)–C–C–N with tert-alkyl or cyclic N) is 1. The summed E-state index contributed by atoms with van der Waals surface area (Å²) in [6, 6.07) is 5.48. The van der Waals surface area contributed by atoms with Crippen molar-refractivity contribution in [2.45, 2.75) is 51.7 Å². The summed E-state index contributed by atoms with van der Waals surface area (Å²) < 4.78 is 16.4. The number of hydrogen-bond donors (Lipinski definition) is 3. The van der Waals surface area contributed by atoms with Gasteiger partial charge >= 0.3 is 6.03 Å². The van der Waals surface area contributed by atoms with Crippen LogP contribution in [0.15, 0.2) is 18.2 Å². The van der Waals surface area contributed by atoms with Crippen LogP contribution < -0.4 is 20.5 Å². The van der Waals surface area contributed by atoms with Crippen molar-refractivity contribution in [3.63, 3.8) is 0 Å². The summed E-state index contributed by atoms with van der Waals surface area (Å²) in [6.45, 7) is 7.16. The molecule has 2 amide bonds. The van der Waals surface area contributed by atoms with Crippen molar-refractivity contribution in [1.82, 2.24) is 10.2 Å². The van der Waals surface area contributed by atoms with Crippen molar-refractivity contribution in [1.29, 1.82) is 0 Å². The largest absolute Gasteiger partial charge is 0.493 e. The lowest BCUT2D eigenvalue weighted by atomic mass is 9.83. The zero-order valence-electron chi connectivity index (χ0n) is 20.0. The fourth-order valence-electron chi connectivity index (χ4n) is 3.96. The van der Waals surface area contributed by atoms with Gasteiger partial charge in [0.05, 0.1) is 19.8 Å². The van der Waals surface area contributed by atoms with Gasteiger partial charge in [-0.15, -0.1) is 0 Å². The number of hydrogen-bond acceptors (Lipinski definition) is 6. The van der Waals surface area contributed by atoms with Crippen LogP contribution >= 0.6 is 0 Å². The summed E-state index contributed by atoms with van der Waals surface area (Å²) in [5.41, 5.74) is 7.52. The van der Waals surface area contributed by atoms with E-state index in [2.05, 4.69) is 25.2 Å². The fraction of sp³-hybridized carbons (Fsp3) is 0.708. The Labute approximate surface area is 192 Å². The third-order valence-corrected chi connectivity index (χ3v) is 6.06. The molecule has 1 fully saturated rings. The molecule has 0 aliphatic carbocycles. The van der Waals surface area contributed by atoms with Gasteiger partial charge in [-0.2, -0.15) is 0 Å². The number of rotatable bonds is 14. The second kappa shape index (κ2) is 13.5. The van der Waals surface area contributed by atoms with Gasteiger partial charge in [-0.25, -0.2) is 4.79 Å². The molecule has 8 heteroatoms. The van der Waals surface area contributed by atoms with Crippen LogP contribution in [0, 0.1) is 11.8 Å². The summed E-state index contributed by atoms with van der Waals surface area (Å²) >= 11 is 0. The van der Waals surface area contributed by atoms with Gasteiger partial charge in [-0.3, -0.25) is 0 Å². The van der Waals surface area contributed by atoms with Crippen molar-refractivity contribution >= 4 is 6.03 Å². The SMILES string of the molecule is COCCCOc1cc(C[C@@H](C[C@H](N)[C@@H](O)CN2CCCNC2=O)C(C)C)ccc1OC. The Morgan fingerprint density at radius 2 is 2.00 bits per heavy atom. The van der Waals surface area contributed by atoms with E-state index in [-0.39, 0.29) is 18.5 Å². The van der Waals surface area contributed by atoms with Crippen LogP contribution in [-0.4, -0.2) is 75.3 Å². The number of methoxy groups -OCH3 is 2. The number of aliphatic hydroxyl groups is 1. The second-order valence-corrected chi connectivity index (χ2v) is 8.89. The third kappa shape index (κ3) is 8.15. The van der Waals surface area contributed by atoms with Gasteiger partial charge in [-0.05, 0) is 48.8 Å². The van der Waals surface area contributed by atoms with E-state index in [1.54, 1.807) is 19.1 Å². The van der Waals surface area contributed by atoms with E-state index >= 15 is 0 Å². The van der Waals surface area contributed by atoms with E-state index < -0.39 is 12.1 Å². The van der Waals surface area contributed by atoms with Gasteiger partial charge in [-0.1, -0.05) is 19.9 Å². The summed E-state index contributed by atoms with van der Waals surface area (Å²) in [5, 5.41) is 13.5. The number of nitrogens with one attached hydrogen (secondary N) is 1. The molecule has 1 aromatic rings. The number of urea groups is 1. The Hall–Kier alpha value is -2.03. The molecule has 3 atom stereocenters. The normalized spacial score (nSPS) is 17.1. The number of nitrogens with zero attached hydrogens (tertiary/aromatic N) is 1. The summed E-state index contributed by atoms with van der Waals surface area (Å²) in [7, 11) is 3.31. The zero-order valence-corrected chi connectivity index (χ0v) is 20.0. The lowest BCUT2D eigenvalue weighted by Gasteiger charge is -2.32. The predicted molar refractivity (Wildman–Crippen MR) is 125 cm³/mol. The number of carbonyl (C=O) groups is 1. The molecule has 4 N–H and O–H groups in total. The Kier molecular flexibility index (Phi) is 11.1. The quantitative estimate of drug-likeness (QED) is 0.375. The van der Waals surface area contributed by atoms with E-state index in [0.29, 0.717) is 44.4 Å². The number of benzene rings is 1. The molecule has 1 aliphatic heterocycles. The highest BCUT2D eigenvalue weighted by Crippen LogP contribution is 2.31. The molecule has 0 unspecified atom stereocenters. The van der Waals surface area contributed by atoms with Crippen LogP contribution in [0.3, 0.4) is 0 Å². The van der Waals surface area contributed by atoms with E-state index in [1.165, 1.54) is 0 Å². The molecule has 1 saturated heterocycles. The van der Waals surface area contributed by atoms with Crippen LogP contribution in [0.5, 0.6) is 11.5 Å². The van der Waals surface area contributed by atoms with Gasteiger partial charge in [0.1, 0.15) is 0 Å². The van der Waals surface area contributed by atoms with Crippen LogP contribution in [0.25, 0.3) is 0 Å². The molecule has 32 heavy (non-hydrogen) atoms. The first kappa shape index (κ1) is 26.2. The van der Waals surface area contributed by atoms with Crippen molar-refractivity contribution in [2.75, 3.05) is 47.1 Å². The zero-order chi connectivity index (χ0) is 23.5. The monoisotopic (exact) mass is 451 g/mol. The highest BCUT2D eigenvalue weighted by atomic mass is 16.5. The number of carbonyl (C=O) groups excluding carboxylic acids is 1. The standard InChI is InChI=1S/C24H41N3O5/c1-17(2)19(15-20(25)21(28)16-27-10-5-9-26-24(27)29)13-18-7-8-22(31-4)23(14-18)32-12-6-11-30-3/h7-8,14,17,19-21,28H,5-6,9-13,15-16,25H2,1-4H3,(H,26,29)/t19-,20-,21-/m0/s1. The molecule has 0 saturated carbocycles. The average molecular weight is 452 g/mol. The smallest absolute Gasteiger partial charge is 0.317 e. The van der Waals surface area contributed by atoms with Gasteiger partial charge in [0.25, 0.3) is 0 Å². The first-order valence-electron chi connectivity index (χ1n) is 11.6. The maximum absolute atomic E-state index is 12.0. The summed E-state index contributed by atoms with van der Waals surface area (Å²) in [6.07, 6.45) is 2.43. The lowest BCUT2D eigenvalue weighted by molar-refractivity contribution is 0.0848. The van der Waals surface area contributed by atoms with E-state index in [1.807, 2.05) is 12.1 Å². The molecule has 182 valence electrons. The van der Waals surface area contributed by atoms with Crippen LogP contribution in [-0.2, 0) is 11.2 Å². The molecule has 0 radical (unpaired) electrons. The molecule has 2 rings (SSSR count). The van der Waals surface area contributed by atoms with Crippen molar-refractivity contribution < 1.29 is 24.1 Å². The molecule has 0 bridgehead atoms. The van der Waals surface area contributed by atoms with Gasteiger partial charge in [0, 0.05) is 45.8 Å². The number of amides is 2. The highest BCUT2D eigenvalue weighted by molar-refractivity contribution is 5.74. The molecular weight excluding hydrogens is 410 g/mol. The van der Waals surface area contributed by atoms with Gasteiger partial charge in [0.15, 0.2) is 11.5 Å². The molecular formula is C24H41N3O5. The summed E-state index contributed by atoms with van der Waals surface area (Å²) in [5.74, 6) is 2.10. The van der Waals surface area contributed by atoms with Crippen LogP contribution in [0.2, 0.25) is 0 Å². The number of aliphatic hydroxyl groups excluding tert-OH is 1. The van der Waals surface area contributed by atoms with E-state index in [0.717, 1.165) is 30.6 Å². The maximum Gasteiger partial charge on any atom is 0.317 e. The predicted octanol–water partition coefficient (Wildman–Crippen LogP) is 2.42. The van der Waals surface area contributed by atoms with E-state index in [9.17, 15) is 9.90 Å². The average Bonchev–Trinajstić information content (AvgIpc) is 2.77. The molecule has 0 aromatic heterocycles. The minimum Gasteiger partial charge on any atom is -0.493 e. The van der Waals surface area contributed by atoms with Crippen molar-refractivity contribution in [3.05, 3.63) is 23.8 Å².